The Balaban J connectivity index is 2.48. The van der Waals surface area contributed by atoms with Crippen molar-refractivity contribution in [3.8, 4) is 0 Å². The van der Waals surface area contributed by atoms with Gasteiger partial charge in [0, 0.05) is 19.6 Å². The molecule has 1 aliphatic rings. The number of hydrogen-bond acceptors (Lipinski definition) is 3. The van der Waals surface area contributed by atoms with Crippen molar-refractivity contribution in [3.05, 3.63) is 0 Å². The lowest BCUT2D eigenvalue weighted by Crippen LogP contribution is -2.47. The second-order valence-corrected chi connectivity index (χ2v) is 5.95. The Morgan fingerprint density at radius 1 is 1.25 bits per heavy atom. The molecular weight excluding hydrogens is 218 g/mol. The molecule has 0 aromatic heterocycles. The maximum atomic E-state index is 9.92. The van der Waals surface area contributed by atoms with Crippen LogP contribution in [-0.4, -0.2) is 41.0 Å². The van der Waals surface area contributed by atoms with Crippen LogP contribution in [0.4, 0.5) is 0 Å². The van der Waals surface area contributed by atoms with E-state index in [1.807, 2.05) is 6.92 Å². The first-order valence-electron chi connectivity index (χ1n) is 6.52. The summed E-state index contributed by atoms with van der Waals surface area (Å²) in [5.41, 5.74) is -0.0646. The average molecular weight is 245 g/mol. The summed E-state index contributed by atoms with van der Waals surface area (Å²) >= 11 is 4.52. The molecule has 1 aliphatic heterocycles. The standard InChI is InChI=1S/C13H27NOS/c1-4-13(5-2,11-16)10-14-8-6-12(3,15)7-9-14/h15-16H,4-11H2,1-3H3. The van der Waals surface area contributed by atoms with Gasteiger partial charge in [-0.3, -0.25) is 0 Å². The van der Waals surface area contributed by atoms with Crippen molar-refractivity contribution in [1.29, 1.82) is 0 Å². The molecular formula is C13H27NOS. The number of piperidine rings is 1. The van der Waals surface area contributed by atoms with Gasteiger partial charge in [-0.15, -0.1) is 0 Å². The monoisotopic (exact) mass is 245 g/mol. The number of aliphatic hydroxyl groups is 1. The second kappa shape index (κ2) is 5.74. The molecule has 0 aliphatic carbocycles. The van der Waals surface area contributed by atoms with Gasteiger partial charge < -0.3 is 10.0 Å². The minimum Gasteiger partial charge on any atom is -0.390 e. The third-order valence-corrected chi connectivity index (χ3v) is 5.00. The molecule has 0 saturated carbocycles. The molecule has 0 aromatic rings. The van der Waals surface area contributed by atoms with Crippen LogP contribution >= 0.6 is 12.6 Å². The molecule has 0 unspecified atom stereocenters. The van der Waals surface area contributed by atoms with E-state index in [0.717, 1.165) is 38.2 Å². The molecule has 96 valence electrons. The van der Waals surface area contributed by atoms with Gasteiger partial charge in [0.15, 0.2) is 0 Å². The molecule has 3 heteroatoms. The van der Waals surface area contributed by atoms with Crippen LogP contribution in [0.3, 0.4) is 0 Å². The average Bonchev–Trinajstić information content (AvgIpc) is 2.29. The Morgan fingerprint density at radius 2 is 1.75 bits per heavy atom. The molecule has 0 bridgehead atoms. The molecule has 1 N–H and O–H groups in total. The zero-order valence-corrected chi connectivity index (χ0v) is 11.9. The largest absolute Gasteiger partial charge is 0.390 e. The van der Waals surface area contributed by atoms with Crippen molar-refractivity contribution in [2.45, 2.75) is 52.1 Å². The van der Waals surface area contributed by atoms with Gasteiger partial charge in [0.1, 0.15) is 0 Å². The van der Waals surface area contributed by atoms with E-state index in [-0.39, 0.29) is 0 Å². The highest BCUT2D eigenvalue weighted by Crippen LogP contribution is 2.31. The fourth-order valence-corrected chi connectivity index (χ4v) is 2.96. The smallest absolute Gasteiger partial charge is 0.0644 e. The molecule has 16 heavy (non-hydrogen) atoms. The first-order valence-corrected chi connectivity index (χ1v) is 7.16. The van der Waals surface area contributed by atoms with Crippen molar-refractivity contribution < 1.29 is 5.11 Å². The molecule has 1 heterocycles. The van der Waals surface area contributed by atoms with Crippen LogP contribution in [0.5, 0.6) is 0 Å². The number of likely N-dealkylation sites (tertiary alicyclic amines) is 1. The third-order valence-electron chi connectivity index (χ3n) is 4.33. The van der Waals surface area contributed by atoms with Crippen molar-refractivity contribution in [3.63, 3.8) is 0 Å². The lowest BCUT2D eigenvalue weighted by atomic mass is 9.82. The SMILES string of the molecule is CCC(CC)(CS)CN1CCC(C)(O)CC1. The number of hydrogen-bond donors (Lipinski definition) is 2. The Labute approximate surface area is 106 Å². The van der Waals surface area contributed by atoms with Crippen LogP contribution in [0.15, 0.2) is 0 Å². The molecule has 0 aromatic carbocycles. The van der Waals surface area contributed by atoms with E-state index < -0.39 is 5.60 Å². The van der Waals surface area contributed by atoms with Gasteiger partial charge in [0.25, 0.3) is 0 Å². The first kappa shape index (κ1) is 14.3. The predicted octanol–water partition coefficient (Wildman–Crippen LogP) is 2.57. The predicted molar refractivity (Wildman–Crippen MR) is 73.2 cm³/mol. The van der Waals surface area contributed by atoms with Gasteiger partial charge >= 0.3 is 0 Å². The zero-order chi connectivity index (χ0) is 12.2. The van der Waals surface area contributed by atoms with E-state index in [4.69, 9.17) is 0 Å². The lowest BCUT2D eigenvalue weighted by Gasteiger charge is -2.41. The van der Waals surface area contributed by atoms with Gasteiger partial charge in [-0.05, 0) is 43.8 Å². The summed E-state index contributed by atoms with van der Waals surface area (Å²) in [6.45, 7) is 9.68. The van der Waals surface area contributed by atoms with E-state index in [1.54, 1.807) is 0 Å². The fraction of sp³-hybridized carbons (Fsp3) is 1.00. The third kappa shape index (κ3) is 3.64. The molecule has 0 atom stereocenters. The molecule has 1 saturated heterocycles. The second-order valence-electron chi connectivity index (χ2n) is 5.64. The maximum Gasteiger partial charge on any atom is 0.0644 e. The van der Waals surface area contributed by atoms with Crippen LogP contribution < -0.4 is 0 Å². The van der Waals surface area contributed by atoms with Gasteiger partial charge in [-0.2, -0.15) is 12.6 Å². The summed E-state index contributed by atoms with van der Waals surface area (Å²) in [4.78, 5) is 2.50. The summed E-state index contributed by atoms with van der Waals surface area (Å²) in [5.74, 6) is 0.965. The Bertz CT molecular complexity index is 196. The summed E-state index contributed by atoms with van der Waals surface area (Å²) < 4.78 is 0. The molecule has 0 spiro atoms. The Kier molecular flexibility index (Phi) is 5.14. The Hall–Kier alpha value is 0.270. The van der Waals surface area contributed by atoms with Crippen LogP contribution in [0, 0.1) is 5.41 Å². The quantitative estimate of drug-likeness (QED) is 0.727. The van der Waals surface area contributed by atoms with E-state index in [2.05, 4.69) is 31.4 Å². The molecule has 1 rings (SSSR count). The van der Waals surface area contributed by atoms with Gasteiger partial charge in [0.05, 0.1) is 5.60 Å². The molecule has 0 radical (unpaired) electrons. The fourth-order valence-electron chi connectivity index (χ4n) is 2.41. The van der Waals surface area contributed by atoms with Gasteiger partial charge in [0.2, 0.25) is 0 Å². The number of nitrogens with zero attached hydrogens (tertiary/aromatic N) is 1. The van der Waals surface area contributed by atoms with Crippen molar-refractivity contribution in [2.75, 3.05) is 25.4 Å². The lowest BCUT2D eigenvalue weighted by molar-refractivity contribution is -0.0149. The highest BCUT2D eigenvalue weighted by atomic mass is 32.1. The minimum absolute atomic E-state index is 0.367. The van der Waals surface area contributed by atoms with Gasteiger partial charge in [-0.1, -0.05) is 13.8 Å². The van der Waals surface area contributed by atoms with Crippen LogP contribution in [0.1, 0.15) is 46.5 Å². The van der Waals surface area contributed by atoms with Crippen molar-refractivity contribution in [2.24, 2.45) is 5.41 Å². The highest BCUT2D eigenvalue weighted by Gasteiger charge is 2.32. The van der Waals surface area contributed by atoms with Crippen LogP contribution in [-0.2, 0) is 0 Å². The molecule has 2 nitrogen and oxygen atoms in total. The normalized spacial score (nSPS) is 22.3. The topological polar surface area (TPSA) is 23.5 Å². The van der Waals surface area contributed by atoms with E-state index >= 15 is 0 Å². The Morgan fingerprint density at radius 3 is 2.12 bits per heavy atom. The minimum atomic E-state index is -0.432. The summed E-state index contributed by atoms with van der Waals surface area (Å²) in [6.07, 6.45) is 4.20. The van der Waals surface area contributed by atoms with Crippen molar-refractivity contribution in [1.82, 2.24) is 4.90 Å². The zero-order valence-electron chi connectivity index (χ0n) is 11.0. The summed E-state index contributed by atoms with van der Waals surface area (Å²) in [6, 6.07) is 0. The van der Waals surface area contributed by atoms with Crippen LogP contribution in [0.25, 0.3) is 0 Å². The van der Waals surface area contributed by atoms with Crippen LogP contribution in [0.2, 0.25) is 0 Å². The number of thiol groups is 1. The van der Waals surface area contributed by atoms with Gasteiger partial charge in [-0.25, -0.2) is 0 Å². The highest BCUT2D eigenvalue weighted by molar-refractivity contribution is 7.80. The van der Waals surface area contributed by atoms with E-state index in [9.17, 15) is 5.11 Å². The first-order chi connectivity index (χ1) is 7.47. The van der Waals surface area contributed by atoms with E-state index in [0.29, 0.717) is 5.41 Å². The summed E-state index contributed by atoms with van der Waals surface area (Å²) in [5, 5.41) is 9.92. The van der Waals surface area contributed by atoms with Crippen molar-refractivity contribution >= 4 is 12.6 Å². The number of rotatable bonds is 5. The van der Waals surface area contributed by atoms with E-state index in [1.165, 1.54) is 12.8 Å². The molecule has 0 amide bonds. The maximum absolute atomic E-state index is 9.92. The summed E-state index contributed by atoms with van der Waals surface area (Å²) in [7, 11) is 0. The molecule has 1 fully saturated rings.